The number of carboxylic acid groups (broad SMARTS) is 1. The van der Waals surface area contributed by atoms with Gasteiger partial charge in [0.2, 0.25) is 0 Å². The second kappa shape index (κ2) is 6.19. The maximum Gasteiger partial charge on any atom is 0.385 e. The highest BCUT2D eigenvalue weighted by Gasteiger charge is 2.88. The molecule has 16 heteroatoms. The summed E-state index contributed by atoms with van der Waals surface area (Å²) in [5.41, 5.74) is -4.12. The van der Waals surface area contributed by atoms with Crippen molar-refractivity contribution in [2.75, 3.05) is 0 Å². The van der Waals surface area contributed by atoms with Gasteiger partial charge in [-0.15, -0.1) is 0 Å². The van der Waals surface area contributed by atoms with Crippen LogP contribution in [0.25, 0.3) is 0 Å². The zero-order valence-electron chi connectivity index (χ0n) is 10.7. The third kappa shape index (κ3) is 3.09. The molecule has 0 heterocycles. The van der Waals surface area contributed by atoms with Gasteiger partial charge in [0.1, 0.15) is 0 Å². The fourth-order valence-corrected chi connectivity index (χ4v) is 1.23. The van der Waals surface area contributed by atoms with Crippen LogP contribution in [0.15, 0.2) is 11.7 Å². The highest BCUT2D eigenvalue weighted by Crippen LogP contribution is 2.59. The Bertz CT molecular complexity index is 559. The quantitative estimate of drug-likeness (QED) is 0.492. The number of carboxylic acids is 1. The summed E-state index contributed by atoms with van der Waals surface area (Å²) in [5, 5.41) is 7.91. The van der Waals surface area contributed by atoms with Gasteiger partial charge >= 0.3 is 42.0 Å². The Kier molecular flexibility index (Phi) is 5.75. The van der Waals surface area contributed by atoms with Crippen molar-refractivity contribution >= 4 is 5.97 Å². The number of hydrogen-bond donors (Lipinski definition) is 1. The summed E-state index contributed by atoms with van der Waals surface area (Å²) in [5.74, 6) is -42.3. The lowest BCUT2D eigenvalue weighted by atomic mass is 9.91. The maximum absolute atomic E-state index is 13.1. The first kappa shape index (κ1) is 23.2. The Morgan fingerprint density at radius 3 is 1.32 bits per heavy atom. The van der Waals surface area contributed by atoms with Crippen molar-refractivity contribution in [1.82, 2.24) is 0 Å². The van der Waals surface area contributed by atoms with E-state index >= 15 is 0 Å². The normalized spacial score (nSPS) is 14.7. The van der Waals surface area contributed by atoms with E-state index in [1.54, 1.807) is 0 Å². The third-order valence-corrected chi connectivity index (χ3v) is 2.59. The van der Waals surface area contributed by atoms with E-state index in [0.29, 0.717) is 0 Å². The van der Waals surface area contributed by atoms with Crippen LogP contribution in [-0.2, 0) is 4.79 Å². The highest BCUT2D eigenvalue weighted by molar-refractivity contribution is 5.89. The van der Waals surface area contributed by atoms with Crippen molar-refractivity contribution in [2.24, 2.45) is 0 Å². The van der Waals surface area contributed by atoms with Crippen LogP contribution in [0.1, 0.15) is 0 Å². The number of carbonyl (C=O) groups is 1. The highest BCUT2D eigenvalue weighted by atomic mass is 19.4. The second-order valence-corrected chi connectivity index (χ2v) is 4.16. The van der Waals surface area contributed by atoms with E-state index in [0.717, 1.165) is 0 Å². The first-order chi connectivity index (χ1) is 10.7. The average molecular weight is 408 g/mol. The Balaban J connectivity index is 6.59. The lowest BCUT2D eigenvalue weighted by Crippen LogP contribution is -2.69. The lowest BCUT2D eigenvalue weighted by molar-refractivity contribution is -0.408. The van der Waals surface area contributed by atoms with Crippen LogP contribution in [0.4, 0.5) is 61.5 Å². The lowest BCUT2D eigenvalue weighted by Gasteiger charge is -2.39. The van der Waals surface area contributed by atoms with Crippen molar-refractivity contribution in [3.63, 3.8) is 0 Å². The molecule has 2 nitrogen and oxygen atoms in total. The van der Waals surface area contributed by atoms with Crippen LogP contribution in [0.3, 0.4) is 0 Å². The molecule has 0 aliphatic rings. The molecule has 148 valence electrons. The molecule has 0 fully saturated rings. The minimum atomic E-state index is -8.08. The average Bonchev–Trinajstić information content (AvgIpc) is 2.35. The summed E-state index contributed by atoms with van der Waals surface area (Å²) >= 11 is 0. The van der Waals surface area contributed by atoms with Gasteiger partial charge in [-0.05, 0) is 0 Å². The monoisotopic (exact) mass is 408 g/mol. The number of rotatable bonds is 7. The van der Waals surface area contributed by atoms with Crippen LogP contribution < -0.4 is 0 Å². The molecule has 25 heavy (non-hydrogen) atoms. The molecule has 0 saturated heterocycles. The Hall–Kier alpha value is -1.77. The Morgan fingerprint density at radius 1 is 0.720 bits per heavy atom. The summed E-state index contributed by atoms with van der Waals surface area (Å²) in [6.45, 7) is 0. The van der Waals surface area contributed by atoms with Gasteiger partial charge in [0.15, 0.2) is 5.57 Å². The number of aliphatic carboxylic acids is 1. The van der Waals surface area contributed by atoms with Crippen molar-refractivity contribution in [3.8, 4) is 0 Å². The maximum atomic E-state index is 13.1. The first-order valence-corrected chi connectivity index (χ1v) is 5.17. The number of alkyl halides is 12. The second-order valence-electron chi connectivity index (χ2n) is 4.16. The molecule has 0 aromatic heterocycles. The van der Waals surface area contributed by atoms with Gasteiger partial charge in [0.25, 0.3) is 6.08 Å². The molecule has 0 unspecified atom stereocenters. The molecule has 0 radical (unpaired) electrons. The smallest absolute Gasteiger partial charge is 0.385 e. The molecule has 0 atom stereocenters. The summed E-state index contributed by atoms with van der Waals surface area (Å²) in [4.78, 5) is 10.1. The van der Waals surface area contributed by atoms with E-state index in [4.69, 9.17) is 5.11 Å². The van der Waals surface area contributed by atoms with E-state index in [2.05, 4.69) is 0 Å². The zero-order valence-corrected chi connectivity index (χ0v) is 10.7. The third-order valence-electron chi connectivity index (χ3n) is 2.59. The predicted molar refractivity (Wildman–Crippen MR) is 47.6 cm³/mol. The molecule has 0 amide bonds. The van der Waals surface area contributed by atoms with Crippen LogP contribution in [-0.4, -0.2) is 47.1 Å². The molecule has 0 aliphatic heterocycles. The van der Waals surface area contributed by atoms with Gasteiger partial charge in [-0.2, -0.15) is 52.7 Å². The van der Waals surface area contributed by atoms with Crippen LogP contribution in [0.5, 0.6) is 0 Å². The zero-order chi connectivity index (χ0) is 20.8. The molecule has 1 N–H and O–H groups in total. The van der Waals surface area contributed by atoms with E-state index < -0.39 is 53.7 Å². The van der Waals surface area contributed by atoms with Crippen LogP contribution >= 0.6 is 0 Å². The molecule has 0 spiro atoms. The van der Waals surface area contributed by atoms with Crippen molar-refractivity contribution < 1.29 is 71.4 Å². The Labute approximate surface area is 126 Å². The minimum absolute atomic E-state index is 3.69. The number of hydrogen-bond acceptors (Lipinski definition) is 1. The van der Waals surface area contributed by atoms with Crippen molar-refractivity contribution in [2.45, 2.75) is 36.0 Å². The molecular formula is C9H2F14O2. The van der Waals surface area contributed by atoms with Crippen LogP contribution in [0, 0.1) is 0 Å². The fraction of sp³-hybridized carbons (Fsp3) is 0.667. The van der Waals surface area contributed by atoms with E-state index in [-0.39, 0.29) is 0 Å². The summed E-state index contributed by atoms with van der Waals surface area (Å²) in [6, 6.07) is 0. The molecule has 0 aromatic rings. The molecule has 0 aromatic carbocycles. The molecule has 0 rings (SSSR count). The number of halogens is 14. The van der Waals surface area contributed by atoms with E-state index in [1.807, 2.05) is 0 Å². The molecule has 0 aliphatic carbocycles. The Morgan fingerprint density at radius 2 is 1.08 bits per heavy atom. The largest absolute Gasteiger partial charge is 0.478 e. The van der Waals surface area contributed by atoms with Crippen molar-refractivity contribution in [3.05, 3.63) is 11.7 Å². The molecular weight excluding hydrogens is 406 g/mol. The van der Waals surface area contributed by atoms with E-state index in [1.165, 1.54) is 0 Å². The van der Waals surface area contributed by atoms with Gasteiger partial charge in [0.05, 0.1) is 0 Å². The van der Waals surface area contributed by atoms with Gasteiger partial charge in [-0.1, -0.05) is 0 Å². The first-order valence-electron chi connectivity index (χ1n) is 5.17. The molecule has 0 bridgehead atoms. The van der Waals surface area contributed by atoms with E-state index in [9.17, 15) is 66.3 Å². The van der Waals surface area contributed by atoms with Crippen LogP contribution in [0.2, 0.25) is 0 Å². The van der Waals surface area contributed by atoms with Crippen molar-refractivity contribution in [1.29, 1.82) is 0 Å². The van der Waals surface area contributed by atoms with Gasteiger partial charge in [0, 0.05) is 0 Å². The molecule has 0 saturated carbocycles. The predicted octanol–water partition coefficient (Wildman–Crippen LogP) is 4.66. The fourth-order valence-electron chi connectivity index (χ4n) is 1.23. The standard InChI is InChI=1S/C9H2F14O2/c10-2(11)1(3(24)25)5(14,15)7(18,19)9(22,23)8(20,21)6(16,17)4(12)13/h4H,(H,24,25). The topological polar surface area (TPSA) is 37.3 Å². The summed E-state index contributed by atoms with van der Waals surface area (Å²) < 4.78 is 176. The summed E-state index contributed by atoms with van der Waals surface area (Å²) in [7, 11) is 0. The van der Waals surface area contributed by atoms with Gasteiger partial charge < -0.3 is 5.11 Å². The SMILES string of the molecule is O=C(O)C(=C(F)F)C(F)(F)C(F)(F)C(F)(F)C(F)(F)C(F)(F)C(F)F. The van der Waals surface area contributed by atoms with Gasteiger partial charge in [-0.3, -0.25) is 0 Å². The minimum Gasteiger partial charge on any atom is -0.478 e. The van der Waals surface area contributed by atoms with Gasteiger partial charge in [-0.25, -0.2) is 13.6 Å². The summed E-state index contributed by atoms with van der Waals surface area (Å²) in [6.07, 6.45) is -10.0.